The van der Waals surface area contributed by atoms with Gasteiger partial charge in [0.05, 0.1) is 11.5 Å². The van der Waals surface area contributed by atoms with Gasteiger partial charge < -0.3 is 4.74 Å². The van der Waals surface area contributed by atoms with Crippen LogP contribution in [0.3, 0.4) is 0 Å². The van der Waals surface area contributed by atoms with Gasteiger partial charge in [-0.3, -0.25) is 0 Å². The van der Waals surface area contributed by atoms with Crippen molar-refractivity contribution >= 4 is 0 Å². The SMILES string of the molecule is CCCC(C)C1CCC(C(F)(F)Oc2cc(F)c(-c3cc(F)c(C(F)(F)F)c(F)c3)c(F)c2)CC1. The number of rotatable bonds is 7. The van der Waals surface area contributed by atoms with Gasteiger partial charge in [0.1, 0.15) is 34.6 Å². The molecule has 2 aromatic carbocycles. The number of alkyl halides is 5. The quantitative estimate of drug-likeness (QED) is 0.336. The van der Waals surface area contributed by atoms with Crippen molar-refractivity contribution in [2.45, 2.75) is 64.7 Å². The highest BCUT2D eigenvalue weighted by molar-refractivity contribution is 5.66. The molecule has 1 aliphatic rings. The van der Waals surface area contributed by atoms with Gasteiger partial charge in [0.25, 0.3) is 0 Å². The lowest BCUT2D eigenvalue weighted by Crippen LogP contribution is -2.38. The molecule has 0 amide bonds. The Balaban J connectivity index is 1.79. The first-order valence-electron chi connectivity index (χ1n) is 11.4. The second-order valence-electron chi connectivity index (χ2n) is 9.12. The fourth-order valence-electron chi connectivity index (χ4n) is 4.83. The number of halogens is 9. The van der Waals surface area contributed by atoms with E-state index in [4.69, 9.17) is 0 Å². The molecule has 1 aliphatic carbocycles. The zero-order chi connectivity index (χ0) is 26.1. The summed E-state index contributed by atoms with van der Waals surface area (Å²) in [7, 11) is 0. The zero-order valence-corrected chi connectivity index (χ0v) is 19.1. The van der Waals surface area contributed by atoms with Crippen LogP contribution in [0.4, 0.5) is 39.5 Å². The van der Waals surface area contributed by atoms with Gasteiger partial charge in [0.2, 0.25) is 0 Å². The summed E-state index contributed by atoms with van der Waals surface area (Å²) in [6.07, 6.45) is -5.56. The maximum absolute atomic E-state index is 14.7. The van der Waals surface area contributed by atoms with E-state index < -0.39 is 63.9 Å². The summed E-state index contributed by atoms with van der Waals surface area (Å²) in [5.41, 5.74) is -4.14. The van der Waals surface area contributed by atoms with E-state index in [9.17, 15) is 39.5 Å². The molecule has 1 nitrogen and oxygen atoms in total. The number of hydrogen-bond donors (Lipinski definition) is 0. The molecule has 1 unspecified atom stereocenters. The van der Waals surface area contributed by atoms with Crippen LogP contribution in [0.25, 0.3) is 11.1 Å². The summed E-state index contributed by atoms with van der Waals surface area (Å²) >= 11 is 0. The van der Waals surface area contributed by atoms with Crippen molar-refractivity contribution in [1.29, 1.82) is 0 Å². The molecule has 1 saturated carbocycles. The maximum atomic E-state index is 14.7. The van der Waals surface area contributed by atoms with Gasteiger partial charge in [-0.05, 0) is 55.2 Å². The second kappa shape index (κ2) is 10.3. The Bertz CT molecular complexity index is 994. The largest absolute Gasteiger partial charge is 0.432 e. The smallest absolute Gasteiger partial charge is 0.422 e. The van der Waals surface area contributed by atoms with Crippen LogP contribution in [-0.4, -0.2) is 6.11 Å². The Morgan fingerprint density at radius 2 is 1.34 bits per heavy atom. The van der Waals surface area contributed by atoms with E-state index in [-0.39, 0.29) is 25.0 Å². The third-order valence-electron chi connectivity index (χ3n) is 6.68. The van der Waals surface area contributed by atoms with Crippen LogP contribution in [0, 0.1) is 41.0 Å². The minimum Gasteiger partial charge on any atom is -0.432 e. The fraction of sp³-hybridized carbons (Fsp3) is 0.520. The molecule has 194 valence electrons. The zero-order valence-electron chi connectivity index (χ0n) is 19.1. The van der Waals surface area contributed by atoms with Gasteiger partial charge in [-0.1, -0.05) is 26.7 Å². The van der Waals surface area contributed by atoms with E-state index in [1.807, 2.05) is 0 Å². The summed E-state index contributed by atoms with van der Waals surface area (Å²) in [6, 6.07) is 1.07. The normalized spacial score (nSPS) is 20.1. The predicted octanol–water partition coefficient (Wildman–Crippen LogP) is 9.14. The van der Waals surface area contributed by atoms with Gasteiger partial charge in [-0.15, -0.1) is 0 Å². The fourth-order valence-corrected chi connectivity index (χ4v) is 4.83. The molecule has 2 aromatic rings. The van der Waals surface area contributed by atoms with E-state index in [0.717, 1.165) is 12.8 Å². The number of ether oxygens (including phenoxy) is 1. The predicted molar refractivity (Wildman–Crippen MR) is 112 cm³/mol. The van der Waals surface area contributed by atoms with Crippen LogP contribution in [-0.2, 0) is 6.18 Å². The van der Waals surface area contributed by atoms with Gasteiger partial charge in [-0.2, -0.15) is 22.0 Å². The molecule has 10 heteroatoms. The molecule has 0 aliphatic heterocycles. The summed E-state index contributed by atoms with van der Waals surface area (Å²) in [4.78, 5) is 0. The Hall–Kier alpha value is -2.39. The van der Waals surface area contributed by atoms with E-state index in [2.05, 4.69) is 18.6 Å². The van der Waals surface area contributed by atoms with Crippen molar-refractivity contribution in [2.75, 3.05) is 0 Å². The first-order valence-corrected chi connectivity index (χ1v) is 11.4. The van der Waals surface area contributed by atoms with Crippen molar-refractivity contribution in [3.8, 4) is 16.9 Å². The van der Waals surface area contributed by atoms with Gasteiger partial charge >= 0.3 is 12.3 Å². The highest BCUT2D eigenvalue weighted by atomic mass is 19.4. The highest BCUT2D eigenvalue weighted by Crippen LogP contribution is 2.43. The van der Waals surface area contributed by atoms with Crippen molar-refractivity contribution in [3.63, 3.8) is 0 Å². The second-order valence-corrected chi connectivity index (χ2v) is 9.12. The van der Waals surface area contributed by atoms with E-state index in [1.165, 1.54) is 0 Å². The molecule has 35 heavy (non-hydrogen) atoms. The van der Waals surface area contributed by atoms with Crippen LogP contribution in [0.2, 0.25) is 0 Å². The highest BCUT2D eigenvalue weighted by Gasteiger charge is 2.45. The molecular formula is C25H25F9O. The Morgan fingerprint density at radius 3 is 1.80 bits per heavy atom. The van der Waals surface area contributed by atoms with Crippen molar-refractivity contribution < 1.29 is 44.3 Å². The lowest BCUT2D eigenvalue weighted by atomic mass is 9.75. The minimum atomic E-state index is -5.36. The molecule has 0 radical (unpaired) electrons. The maximum Gasteiger partial charge on any atom is 0.422 e. The molecule has 0 aromatic heterocycles. The topological polar surface area (TPSA) is 9.23 Å². The summed E-state index contributed by atoms with van der Waals surface area (Å²) in [5, 5.41) is 0. The van der Waals surface area contributed by atoms with E-state index in [0.29, 0.717) is 36.8 Å². The molecule has 0 bridgehead atoms. The van der Waals surface area contributed by atoms with E-state index >= 15 is 0 Å². The van der Waals surface area contributed by atoms with Crippen LogP contribution >= 0.6 is 0 Å². The lowest BCUT2D eigenvalue weighted by Gasteiger charge is -2.35. The molecule has 3 rings (SSSR count). The third kappa shape index (κ3) is 6.06. The standard InChI is InChI=1S/C25H25F9O/c1-3-4-13(2)14-5-7-16(8-6-14)25(33,34)35-17-11-18(26)22(19(27)12-17)15-9-20(28)23(21(29)10-15)24(30,31)32/h9-14,16H,3-8H2,1-2H3. The Labute approximate surface area is 197 Å². The monoisotopic (exact) mass is 512 g/mol. The molecule has 0 saturated heterocycles. The Morgan fingerprint density at radius 1 is 0.829 bits per heavy atom. The molecule has 0 heterocycles. The molecule has 0 N–H and O–H groups in total. The number of hydrogen-bond acceptors (Lipinski definition) is 1. The van der Waals surface area contributed by atoms with Crippen molar-refractivity contribution in [2.24, 2.45) is 17.8 Å². The first kappa shape index (κ1) is 27.2. The third-order valence-corrected chi connectivity index (χ3v) is 6.68. The number of benzene rings is 2. The van der Waals surface area contributed by atoms with Gasteiger partial charge in [0, 0.05) is 12.1 Å². The lowest BCUT2D eigenvalue weighted by molar-refractivity contribution is -0.224. The van der Waals surface area contributed by atoms with Gasteiger partial charge in [-0.25, -0.2) is 17.6 Å². The van der Waals surface area contributed by atoms with Gasteiger partial charge in [0.15, 0.2) is 0 Å². The summed E-state index contributed by atoms with van der Waals surface area (Å²) in [6.45, 7) is 4.14. The van der Waals surface area contributed by atoms with Crippen LogP contribution < -0.4 is 4.74 Å². The Kier molecular flexibility index (Phi) is 8.01. The molecule has 0 spiro atoms. The van der Waals surface area contributed by atoms with Crippen LogP contribution in [0.15, 0.2) is 24.3 Å². The average Bonchev–Trinajstić information content (AvgIpc) is 2.71. The molecular weight excluding hydrogens is 487 g/mol. The summed E-state index contributed by atoms with van der Waals surface area (Å²) in [5.74, 6) is -8.45. The average molecular weight is 512 g/mol. The summed E-state index contributed by atoms with van der Waals surface area (Å²) < 4.78 is 129. The van der Waals surface area contributed by atoms with Crippen molar-refractivity contribution in [1.82, 2.24) is 0 Å². The van der Waals surface area contributed by atoms with Crippen molar-refractivity contribution in [3.05, 3.63) is 53.1 Å². The molecule has 1 atom stereocenters. The minimum absolute atomic E-state index is 0.126. The first-order chi connectivity index (χ1) is 16.2. The molecule has 1 fully saturated rings. The van der Waals surface area contributed by atoms with Crippen LogP contribution in [0.1, 0.15) is 57.9 Å². The van der Waals surface area contributed by atoms with Crippen LogP contribution in [0.5, 0.6) is 5.75 Å². The van der Waals surface area contributed by atoms with E-state index in [1.54, 1.807) is 0 Å².